The Hall–Kier alpha value is -0.810. The Morgan fingerprint density at radius 3 is 2.71 bits per heavy atom. The summed E-state index contributed by atoms with van der Waals surface area (Å²) in [5, 5.41) is 7.31. The van der Waals surface area contributed by atoms with E-state index in [1.54, 1.807) is 7.11 Å². The molecule has 0 bridgehead atoms. The van der Waals surface area contributed by atoms with E-state index in [0.717, 1.165) is 32.1 Å². The topological polar surface area (TPSA) is 54.9 Å². The predicted octanol–water partition coefficient (Wildman–Crippen LogP) is 2.56. The number of ether oxygens (including phenoxy) is 2. The molecular formula is C19H35N3O2. The molecule has 1 saturated heterocycles. The Bertz CT molecular complexity index is 458. The minimum absolute atomic E-state index is 0.180. The Balaban J connectivity index is 1.55. The van der Waals surface area contributed by atoms with E-state index in [0.29, 0.717) is 23.5 Å². The summed E-state index contributed by atoms with van der Waals surface area (Å²) < 4.78 is 11.2. The lowest BCUT2D eigenvalue weighted by Crippen LogP contribution is -2.68. The average molecular weight is 338 g/mol. The van der Waals surface area contributed by atoms with Gasteiger partial charge in [-0.25, -0.2) is 0 Å². The number of hydrogen-bond donors (Lipinski definition) is 2. The summed E-state index contributed by atoms with van der Waals surface area (Å²) in [7, 11) is 3.68. The molecule has 3 atom stereocenters. The molecule has 5 nitrogen and oxygen atoms in total. The first-order chi connectivity index (χ1) is 11.5. The first kappa shape index (κ1) is 18.0. The maximum atomic E-state index is 5.90. The van der Waals surface area contributed by atoms with Gasteiger partial charge in [0.25, 0.3) is 0 Å². The Kier molecular flexibility index (Phi) is 5.40. The maximum absolute atomic E-state index is 5.90. The van der Waals surface area contributed by atoms with Crippen molar-refractivity contribution in [3.63, 3.8) is 0 Å². The van der Waals surface area contributed by atoms with Crippen molar-refractivity contribution in [2.45, 2.75) is 64.5 Å². The molecule has 1 heterocycles. The van der Waals surface area contributed by atoms with Crippen LogP contribution in [0.1, 0.15) is 52.4 Å². The quantitative estimate of drug-likeness (QED) is 0.578. The van der Waals surface area contributed by atoms with Crippen LogP contribution in [0.15, 0.2) is 4.99 Å². The fraction of sp³-hybridized carbons (Fsp3) is 0.947. The molecule has 2 N–H and O–H groups in total. The van der Waals surface area contributed by atoms with Crippen LogP contribution in [0.3, 0.4) is 0 Å². The number of nitrogens with one attached hydrogen (secondary N) is 2. The second kappa shape index (κ2) is 7.20. The minimum atomic E-state index is 0.180. The Morgan fingerprint density at radius 1 is 1.29 bits per heavy atom. The fourth-order valence-electron chi connectivity index (χ4n) is 5.19. The van der Waals surface area contributed by atoms with E-state index >= 15 is 0 Å². The molecule has 0 spiro atoms. The number of rotatable bonds is 6. The average Bonchev–Trinajstić information content (AvgIpc) is 3.22. The molecule has 2 saturated carbocycles. The normalized spacial score (nSPS) is 33.8. The van der Waals surface area contributed by atoms with Crippen molar-refractivity contribution in [3.05, 3.63) is 0 Å². The van der Waals surface area contributed by atoms with E-state index in [2.05, 4.69) is 29.5 Å². The summed E-state index contributed by atoms with van der Waals surface area (Å²) in [6.07, 6.45) is 8.00. The largest absolute Gasteiger partial charge is 0.385 e. The summed E-state index contributed by atoms with van der Waals surface area (Å²) in [5.41, 5.74) is 0.557. The number of nitrogens with zero attached hydrogens (tertiary/aromatic N) is 1. The molecule has 24 heavy (non-hydrogen) atoms. The molecule has 5 heteroatoms. The molecule has 138 valence electrons. The third kappa shape index (κ3) is 3.30. The molecule has 3 rings (SSSR count). The summed E-state index contributed by atoms with van der Waals surface area (Å²) in [5.74, 6) is 1.58. The van der Waals surface area contributed by atoms with Gasteiger partial charge in [0.15, 0.2) is 5.96 Å². The van der Waals surface area contributed by atoms with Crippen LogP contribution in [0.4, 0.5) is 0 Å². The number of fused-ring (bicyclic) bond motifs is 1. The van der Waals surface area contributed by atoms with Gasteiger partial charge in [-0.3, -0.25) is 4.99 Å². The molecule has 0 aromatic heterocycles. The highest BCUT2D eigenvalue weighted by Gasteiger charge is 2.59. The van der Waals surface area contributed by atoms with Crippen molar-refractivity contribution >= 4 is 5.96 Å². The summed E-state index contributed by atoms with van der Waals surface area (Å²) >= 11 is 0. The van der Waals surface area contributed by atoms with Gasteiger partial charge >= 0.3 is 0 Å². The molecule has 3 aliphatic rings. The molecule has 0 radical (unpaired) electrons. The molecule has 0 aromatic rings. The smallest absolute Gasteiger partial charge is 0.191 e. The predicted molar refractivity (Wildman–Crippen MR) is 97.3 cm³/mol. The van der Waals surface area contributed by atoms with Crippen LogP contribution in [0.2, 0.25) is 0 Å². The zero-order valence-corrected chi connectivity index (χ0v) is 15.9. The number of guanidine groups is 1. The van der Waals surface area contributed by atoms with Crippen LogP contribution in [-0.2, 0) is 9.47 Å². The Morgan fingerprint density at radius 2 is 2.04 bits per heavy atom. The SMILES string of the molecule is CN=C(NCC1(CCOC)CCCC1)NC1C2CCOC2C1(C)C. The van der Waals surface area contributed by atoms with E-state index in [-0.39, 0.29) is 5.41 Å². The second-order valence-electron chi connectivity index (χ2n) is 8.56. The first-order valence-corrected chi connectivity index (χ1v) is 9.60. The fourth-order valence-corrected chi connectivity index (χ4v) is 5.19. The lowest BCUT2D eigenvalue weighted by Gasteiger charge is -2.55. The zero-order chi connectivity index (χ0) is 17.2. The third-order valence-electron chi connectivity index (χ3n) is 6.75. The van der Waals surface area contributed by atoms with E-state index in [9.17, 15) is 0 Å². The monoisotopic (exact) mass is 337 g/mol. The van der Waals surface area contributed by atoms with Crippen LogP contribution in [0.25, 0.3) is 0 Å². The van der Waals surface area contributed by atoms with Crippen LogP contribution < -0.4 is 10.6 Å². The van der Waals surface area contributed by atoms with Gasteiger partial charge in [-0.15, -0.1) is 0 Å². The number of aliphatic imine (C=N–C) groups is 1. The van der Waals surface area contributed by atoms with Crippen LogP contribution in [0, 0.1) is 16.7 Å². The second-order valence-corrected chi connectivity index (χ2v) is 8.56. The lowest BCUT2D eigenvalue weighted by atomic mass is 9.57. The summed E-state index contributed by atoms with van der Waals surface area (Å²) in [6.45, 7) is 7.37. The van der Waals surface area contributed by atoms with Gasteiger partial charge in [0.05, 0.1) is 6.10 Å². The van der Waals surface area contributed by atoms with Crippen LogP contribution >= 0.6 is 0 Å². The van der Waals surface area contributed by atoms with Gasteiger partial charge in [0, 0.05) is 51.3 Å². The van der Waals surface area contributed by atoms with E-state index in [4.69, 9.17) is 9.47 Å². The highest BCUT2D eigenvalue weighted by Crippen LogP contribution is 2.52. The van der Waals surface area contributed by atoms with E-state index < -0.39 is 0 Å². The van der Waals surface area contributed by atoms with Gasteiger partial charge in [-0.2, -0.15) is 0 Å². The molecule has 3 unspecified atom stereocenters. The van der Waals surface area contributed by atoms with Gasteiger partial charge in [0.1, 0.15) is 0 Å². The molecule has 3 fully saturated rings. The van der Waals surface area contributed by atoms with Crippen molar-refractivity contribution in [1.82, 2.24) is 10.6 Å². The first-order valence-electron chi connectivity index (χ1n) is 9.60. The van der Waals surface area contributed by atoms with Crippen molar-refractivity contribution < 1.29 is 9.47 Å². The van der Waals surface area contributed by atoms with Gasteiger partial charge in [-0.05, 0) is 31.1 Å². The summed E-state index contributed by atoms with van der Waals surface area (Å²) in [6, 6.07) is 0.453. The van der Waals surface area contributed by atoms with Crippen LogP contribution in [0.5, 0.6) is 0 Å². The molecule has 0 aromatic carbocycles. The van der Waals surface area contributed by atoms with Crippen molar-refractivity contribution in [2.75, 3.05) is 33.9 Å². The van der Waals surface area contributed by atoms with Gasteiger partial charge < -0.3 is 20.1 Å². The molecule has 1 aliphatic heterocycles. The van der Waals surface area contributed by atoms with Gasteiger partial charge in [-0.1, -0.05) is 26.7 Å². The van der Waals surface area contributed by atoms with E-state index in [1.807, 2.05) is 7.05 Å². The highest BCUT2D eigenvalue weighted by molar-refractivity contribution is 5.80. The lowest BCUT2D eigenvalue weighted by molar-refractivity contribution is -0.106. The van der Waals surface area contributed by atoms with Gasteiger partial charge in [0.2, 0.25) is 0 Å². The van der Waals surface area contributed by atoms with Crippen molar-refractivity contribution in [3.8, 4) is 0 Å². The van der Waals surface area contributed by atoms with Crippen LogP contribution in [-0.4, -0.2) is 52.0 Å². The van der Waals surface area contributed by atoms with Crippen molar-refractivity contribution in [2.24, 2.45) is 21.7 Å². The molecule has 2 aliphatic carbocycles. The maximum Gasteiger partial charge on any atom is 0.191 e. The summed E-state index contributed by atoms with van der Waals surface area (Å²) in [4.78, 5) is 4.48. The zero-order valence-electron chi connectivity index (χ0n) is 15.9. The number of hydrogen-bond acceptors (Lipinski definition) is 3. The third-order valence-corrected chi connectivity index (χ3v) is 6.75. The number of methoxy groups -OCH3 is 1. The standard InChI is InChI=1S/C19H35N3O2/c1-18(2)15(14-7-11-24-16(14)18)22-17(20-3)21-13-19(10-12-23-4)8-5-6-9-19/h14-16H,5-13H2,1-4H3,(H2,20,21,22). The minimum Gasteiger partial charge on any atom is -0.385 e. The van der Waals surface area contributed by atoms with E-state index in [1.165, 1.54) is 32.1 Å². The Labute approximate surface area is 147 Å². The highest BCUT2D eigenvalue weighted by atomic mass is 16.5. The molecule has 0 amide bonds. The molecular weight excluding hydrogens is 302 g/mol. The van der Waals surface area contributed by atoms with Crippen molar-refractivity contribution in [1.29, 1.82) is 0 Å².